The van der Waals surface area contributed by atoms with Gasteiger partial charge in [0.25, 0.3) is 0 Å². The molecule has 0 aromatic carbocycles. The zero-order valence-electron chi connectivity index (χ0n) is 26.6. The topological polar surface area (TPSA) is 137 Å². The second-order valence-electron chi connectivity index (χ2n) is 13.7. The summed E-state index contributed by atoms with van der Waals surface area (Å²) in [7, 11) is -4.47. The Bertz CT molecular complexity index is 1330. The number of nitrogens with one attached hydrogen (secondary N) is 1. The minimum absolute atomic E-state index is 0.0493. The number of nitrogens with zero attached hydrogens (tertiary/aromatic N) is 4. The van der Waals surface area contributed by atoms with Gasteiger partial charge in [0.2, 0.25) is 11.5 Å². The van der Waals surface area contributed by atoms with E-state index < -0.39 is 40.5 Å². The van der Waals surface area contributed by atoms with Crippen molar-refractivity contribution in [3.8, 4) is 6.07 Å². The third kappa shape index (κ3) is 8.10. The van der Waals surface area contributed by atoms with Crippen molar-refractivity contribution in [1.82, 2.24) is 14.6 Å². The Balaban J connectivity index is 1.72. The van der Waals surface area contributed by atoms with Gasteiger partial charge in [-0.25, -0.2) is 9.50 Å². The third-order valence-electron chi connectivity index (χ3n) is 7.70. The van der Waals surface area contributed by atoms with Gasteiger partial charge in [-0.15, -0.1) is 0 Å². The number of carbonyl (C=O) groups is 2. The molecule has 0 spiro atoms. The second kappa shape index (κ2) is 13.6. The number of esters is 1. The summed E-state index contributed by atoms with van der Waals surface area (Å²) in [4.78, 5) is 29.6. The summed E-state index contributed by atoms with van der Waals surface area (Å²) in [5.41, 5.74) is -0.671. The van der Waals surface area contributed by atoms with Gasteiger partial charge in [-0.05, 0) is 76.6 Å². The van der Waals surface area contributed by atoms with Crippen molar-refractivity contribution < 1.29 is 27.9 Å². The SMILES string of the molecule is CCCC(=O)Nc1ncnn2c([C@]3(C#N)O[C@H](COC(=O)CC4CCCCC4)[C@@H](O[Si](C)(C)C)[C@H]3O[Si](C)(C)C)ccc12. The number of rotatable bonds is 12. The van der Waals surface area contributed by atoms with E-state index in [0.717, 1.165) is 25.7 Å². The zero-order chi connectivity index (χ0) is 31.4. The van der Waals surface area contributed by atoms with Crippen LogP contribution in [0.5, 0.6) is 0 Å². The monoisotopic (exact) mass is 629 g/mol. The fourth-order valence-electron chi connectivity index (χ4n) is 5.95. The molecule has 0 radical (unpaired) electrons. The number of nitriles is 1. The van der Waals surface area contributed by atoms with E-state index in [1.54, 1.807) is 16.6 Å². The minimum atomic E-state index is -2.27. The summed E-state index contributed by atoms with van der Waals surface area (Å²) in [5.74, 6) is 0.278. The predicted octanol–water partition coefficient (Wildman–Crippen LogP) is 5.54. The third-order valence-corrected chi connectivity index (χ3v) is 9.64. The molecule has 2 aromatic rings. The lowest BCUT2D eigenvalue weighted by Gasteiger charge is -2.36. The van der Waals surface area contributed by atoms with Gasteiger partial charge in [0.15, 0.2) is 22.5 Å². The van der Waals surface area contributed by atoms with Crippen molar-refractivity contribution in [3.63, 3.8) is 0 Å². The highest BCUT2D eigenvalue weighted by molar-refractivity contribution is 6.70. The first-order valence-corrected chi connectivity index (χ1v) is 22.3. The number of carbonyl (C=O) groups excluding carboxylic acids is 2. The maximum Gasteiger partial charge on any atom is 0.306 e. The number of hydrogen-bond acceptors (Lipinski definition) is 9. The fourth-order valence-corrected chi connectivity index (χ4v) is 8.11. The molecule has 11 nitrogen and oxygen atoms in total. The Hall–Kier alpha value is -2.64. The summed E-state index contributed by atoms with van der Waals surface area (Å²) in [6.45, 7) is 14.3. The zero-order valence-corrected chi connectivity index (χ0v) is 28.6. The Morgan fingerprint density at radius 3 is 2.44 bits per heavy atom. The molecule has 1 saturated carbocycles. The van der Waals surface area contributed by atoms with E-state index >= 15 is 0 Å². The van der Waals surface area contributed by atoms with Crippen LogP contribution in [0, 0.1) is 17.2 Å². The first-order valence-electron chi connectivity index (χ1n) is 15.5. The molecule has 2 aliphatic rings. The normalized spacial score (nSPS) is 25.0. The minimum Gasteiger partial charge on any atom is -0.463 e. The molecule has 0 bridgehead atoms. The van der Waals surface area contributed by atoms with Gasteiger partial charge in [-0.3, -0.25) is 9.59 Å². The lowest BCUT2D eigenvalue weighted by molar-refractivity contribution is -0.151. The molecule has 1 aliphatic heterocycles. The van der Waals surface area contributed by atoms with Crippen LogP contribution in [0.3, 0.4) is 0 Å². The average Bonchev–Trinajstić information content (AvgIpc) is 3.47. The summed E-state index contributed by atoms with van der Waals surface area (Å²) in [6, 6.07) is 5.94. The highest BCUT2D eigenvalue weighted by atomic mass is 28.4. The van der Waals surface area contributed by atoms with Crippen LogP contribution < -0.4 is 5.32 Å². The largest absolute Gasteiger partial charge is 0.463 e. The molecule has 1 amide bonds. The molecular weight excluding hydrogens is 583 g/mol. The first kappa shape index (κ1) is 33.3. The van der Waals surface area contributed by atoms with E-state index in [1.807, 2.05) is 6.92 Å². The van der Waals surface area contributed by atoms with Crippen LogP contribution in [-0.2, 0) is 33.5 Å². The van der Waals surface area contributed by atoms with E-state index in [-0.39, 0.29) is 18.5 Å². The number of aromatic nitrogens is 3. The maximum absolute atomic E-state index is 12.9. The van der Waals surface area contributed by atoms with Crippen LogP contribution in [-0.4, -0.2) is 68.0 Å². The highest BCUT2D eigenvalue weighted by Gasteiger charge is 2.61. The molecule has 4 atom stereocenters. The number of anilines is 1. The second-order valence-corrected chi connectivity index (χ2v) is 22.6. The van der Waals surface area contributed by atoms with E-state index in [1.165, 1.54) is 12.7 Å². The van der Waals surface area contributed by atoms with Crippen LogP contribution in [0.25, 0.3) is 5.52 Å². The molecule has 1 N–H and O–H groups in total. The Morgan fingerprint density at radius 2 is 1.81 bits per heavy atom. The van der Waals surface area contributed by atoms with E-state index in [0.29, 0.717) is 42.2 Å². The molecule has 0 unspecified atom stereocenters. The van der Waals surface area contributed by atoms with E-state index in [2.05, 4.69) is 60.8 Å². The van der Waals surface area contributed by atoms with Crippen molar-refractivity contribution in [2.75, 3.05) is 11.9 Å². The van der Waals surface area contributed by atoms with Crippen LogP contribution >= 0.6 is 0 Å². The molecule has 2 aromatic heterocycles. The van der Waals surface area contributed by atoms with Crippen molar-refractivity contribution in [2.45, 2.75) is 121 Å². The Morgan fingerprint density at radius 1 is 1.12 bits per heavy atom. The van der Waals surface area contributed by atoms with Crippen molar-refractivity contribution in [1.29, 1.82) is 5.26 Å². The molecule has 4 rings (SSSR count). The molecule has 236 valence electrons. The number of hydrogen-bond donors (Lipinski definition) is 1. The van der Waals surface area contributed by atoms with Crippen molar-refractivity contribution in [3.05, 3.63) is 24.2 Å². The van der Waals surface area contributed by atoms with E-state index in [4.69, 9.17) is 18.3 Å². The van der Waals surface area contributed by atoms with Gasteiger partial charge in [-0.1, -0.05) is 26.2 Å². The number of ether oxygens (including phenoxy) is 2. The van der Waals surface area contributed by atoms with Gasteiger partial charge in [0.05, 0.1) is 5.69 Å². The summed E-state index contributed by atoms with van der Waals surface area (Å²) < 4.78 is 27.5. The molecule has 1 saturated heterocycles. The Labute approximate surface area is 256 Å². The van der Waals surface area contributed by atoms with Gasteiger partial charge >= 0.3 is 5.97 Å². The van der Waals surface area contributed by atoms with Crippen molar-refractivity contribution >= 4 is 39.8 Å². The van der Waals surface area contributed by atoms with E-state index in [9.17, 15) is 14.9 Å². The number of fused-ring (bicyclic) bond motifs is 1. The number of amides is 1. The van der Waals surface area contributed by atoms with Gasteiger partial charge in [0.1, 0.15) is 42.8 Å². The van der Waals surface area contributed by atoms with Crippen LogP contribution in [0.4, 0.5) is 5.82 Å². The molecule has 1 aliphatic carbocycles. The molecular formula is C30H47N5O6Si2. The van der Waals surface area contributed by atoms with Crippen molar-refractivity contribution in [2.24, 2.45) is 5.92 Å². The summed E-state index contributed by atoms with van der Waals surface area (Å²) in [6.07, 6.45) is 6.18. The predicted molar refractivity (Wildman–Crippen MR) is 167 cm³/mol. The molecule has 43 heavy (non-hydrogen) atoms. The maximum atomic E-state index is 12.9. The van der Waals surface area contributed by atoms with Crippen LogP contribution in [0.1, 0.15) is 64.0 Å². The quantitative estimate of drug-likeness (QED) is 0.237. The summed E-state index contributed by atoms with van der Waals surface area (Å²) in [5, 5.41) is 18.2. The molecule has 13 heteroatoms. The highest BCUT2D eigenvalue weighted by Crippen LogP contribution is 2.45. The molecule has 2 fully saturated rings. The van der Waals surface area contributed by atoms with Gasteiger partial charge in [0, 0.05) is 12.8 Å². The molecule has 3 heterocycles. The smallest absolute Gasteiger partial charge is 0.306 e. The average molecular weight is 630 g/mol. The standard InChI is InChI=1S/C30H47N5O6Si2/c1-8-12-25(36)34-29-22-15-16-24(35(22)33-20-32-29)30(19-31)28(41-43(5,6)7)27(40-42(2,3)4)23(39-30)18-38-26(37)17-21-13-10-9-11-14-21/h15-16,20-21,23,27-28H,8-14,17-18H2,1-7H3,(H,32,33,34,36)/t23-,27-,28-,30+/m1/s1. The van der Waals surface area contributed by atoms with Crippen LogP contribution in [0.2, 0.25) is 39.3 Å². The lowest BCUT2D eigenvalue weighted by atomic mass is 9.87. The first-order chi connectivity index (χ1) is 20.3. The lowest BCUT2D eigenvalue weighted by Crippen LogP contribution is -2.51. The van der Waals surface area contributed by atoms with Crippen LogP contribution in [0.15, 0.2) is 18.5 Å². The Kier molecular flexibility index (Phi) is 10.5. The summed E-state index contributed by atoms with van der Waals surface area (Å²) >= 11 is 0. The fraction of sp³-hybridized carbons (Fsp3) is 0.700. The van der Waals surface area contributed by atoms with Gasteiger partial charge < -0.3 is 23.6 Å². The van der Waals surface area contributed by atoms with Gasteiger partial charge in [-0.2, -0.15) is 10.4 Å².